The molecule has 32 heavy (non-hydrogen) atoms. The fourth-order valence-electron chi connectivity index (χ4n) is 2.85. The minimum Gasteiger partial charge on any atom is -0.481 e. The molecule has 0 saturated heterocycles. The maximum Gasteiger partial charge on any atom is 0.305 e. The van der Waals surface area contributed by atoms with Crippen molar-refractivity contribution in [1.82, 2.24) is 9.97 Å². The lowest BCUT2D eigenvalue weighted by molar-refractivity contribution is -0.138. The van der Waals surface area contributed by atoms with Crippen LogP contribution in [-0.2, 0) is 19.7 Å². The molecule has 1 aromatic carbocycles. The standard InChI is InChI=1S/C20H22ClN5O4S2/c1-11-17(31-20(24-11)25-19(29)14(22)9-16(27)28)12-8-15(18(21)23-10-12)26-32(2,30)13-6-4-3-5-7-13/h3-8,10,14,32H,9,22H2,1-2H3,(H,26,30)(H,27,28)(H,24,25,29)/t14-/m0/s1. The second-order valence-corrected chi connectivity index (χ2v) is 11.0. The number of amides is 1. The van der Waals surface area contributed by atoms with E-state index in [1.54, 1.807) is 37.6 Å². The van der Waals surface area contributed by atoms with Gasteiger partial charge in [-0.1, -0.05) is 41.1 Å². The topological polar surface area (TPSA) is 147 Å². The molecule has 0 aliphatic carbocycles. The van der Waals surface area contributed by atoms with Crippen molar-refractivity contribution in [1.29, 1.82) is 0 Å². The number of aromatic nitrogens is 2. The number of benzene rings is 1. The summed E-state index contributed by atoms with van der Waals surface area (Å²) in [4.78, 5) is 32.7. The number of pyridine rings is 1. The van der Waals surface area contributed by atoms with E-state index in [1.165, 1.54) is 11.3 Å². The molecule has 3 aromatic rings. The average molecular weight is 496 g/mol. The molecule has 3 rings (SSSR count). The normalized spacial score (nSPS) is 12.8. The lowest BCUT2D eigenvalue weighted by Gasteiger charge is -2.23. The lowest BCUT2D eigenvalue weighted by Crippen LogP contribution is -2.37. The first-order chi connectivity index (χ1) is 15.1. The van der Waals surface area contributed by atoms with Gasteiger partial charge < -0.3 is 20.9 Å². The zero-order chi connectivity index (χ0) is 23.5. The van der Waals surface area contributed by atoms with Crippen LogP contribution >= 0.6 is 22.9 Å². The summed E-state index contributed by atoms with van der Waals surface area (Å²) >= 11 is 7.42. The van der Waals surface area contributed by atoms with E-state index < -0.39 is 34.5 Å². The molecule has 12 heteroatoms. The highest BCUT2D eigenvalue weighted by atomic mass is 35.5. The van der Waals surface area contributed by atoms with Crippen molar-refractivity contribution in [3.05, 3.63) is 53.4 Å². The van der Waals surface area contributed by atoms with Crippen LogP contribution in [0.2, 0.25) is 5.15 Å². The summed E-state index contributed by atoms with van der Waals surface area (Å²) in [5, 5.41) is 11.8. The zero-order valence-electron chi connectivity index (χ0n) is 17.2. The van der Waals surface area contributed by atoms with E-state index in [2.05, 4.69) is 20.0 Å². The van der Waals surface area contributed by atoms with Crippen LogP contribution in [0.5, 0.6) is 0 Å². The molecule has 2 heterocycles. The van der Waals surface area contributed by atoms with E-state index in [-0.39, 0.29) is 10.3 Å². The molecule has 1 atom stereocenters. The largest absolute Gasteiger partial charge is 0.481 e. The summed E-state index contributed by atoms with van der Waals surface area (Å²) in [6, 6.07) is 9.54. The van der Waals surface area contributed by atoms with E-state index in [1.807, 2.05) is 18.2 Å². The van der Waals surface area contributed by atoms with Gasteiger partial charge in [0.1, 0.15) is 0 Å². The highest BCUT2D eigenvalue weighted by molar-refractivity contribution is 8.03. The first-order valence-electron chi connectivity index (χ1n) is 9.40. The van der Waals surface area contributed by atoms with Crippen LogP contribution in [0.4, 0.5) is 10.8 Å². The molecule has 0 fully saturated rings. The van der Waals surface area contributed by atoms with Gasteiger partial charge >= 0.3 is 5.97 Å². The number of halogens is 1. The first kappa shape index (κ1) is 23.8. The zero-order valence-corrected chi connectivity index (χ0v) is 19.7. The minimum absolute atomic E-state index is 0.169. The van der Waals surface area contributed by atoms with Crippen LogP contribution in [-0.4, -0.2) is 43.5 Å². The fourth-order valence-corrected chi connectivity index (χ4v) is 5.52. The van der Waals surface area contributed by atoms with Crippen molar-refractivity contribution in [2.75, 3.05) is 16.3 Å². The predicted octanol–water partition coefficient (Wildman–Crippen LogP) is 2.94. The SMILES string of the molecule is Cc1nc(NC(=O)[C@@H](N)CC(=O)O)sc1-c1cnc(Cl)c(N[SH](C)(=O)c2ccccc2)c1. The number of hydrogen-bond donors (Lipinski definition) is 5. The molecule has 0 radical (unpaired) electrons. The van der Waals surface area contributed by atoms with Gasteiger partial charge in [-0.05, 0) is 35.2 Å². The van der Waals surface area contributed by atoms with Crippen LogP contribution < -0.4 is 15.8 Å². The fraction of sp³-hybridized carbons (Fsp3) is 0.200. The van der Waals surface area contributed by atoms with Crippen LogP contribution in [0.15, 0.2) is 47.5 Å². The Hall–Kier alpha value is -2.86. The second kappa shape index (κ2) is 9.74. The Morgan fingerprint density at radius 2 is 2.00 bits per heavy atom. The molecular formula is C20H22ClN5O4S2. The van der Waals surface area contributed by atoms with Crippen molar-refractivity contribution in [3.63, 3.8) is 0 Å². The summed E-state index contributed by atoms with van der Waals surface area (Å²) in [7, 11) is -2.96. The van der Waals surface area contributed by atoms with Crippen molar-refractivity contribution < 1.29 is 18.9 Å². The summed E-state index contributed by atoms with van der Waals surface area (Å²) < 4.78 is 16.2. The van der Waals surface area contributed by atoms with Gasteiger partial charge in [0.25, 0.3) is 0 Å². The maximum absolute atomic E-state index is 13.2. The third-order valence-electron chi connectivity index (χ3n) is 4.44. The molecule has 0 saturated carbocycles. The Balaban J connectivity index is 1.84. The minimum atomic E-state index is -2.96. The number of nitrogens with zero attached hydrogens (tertiary/aromatic N) is 2. The van der Waals surface area contributed by atoms with Gasteiger partial charge in [0, 0.05) is 22.9 Å². The Labute approximate surface area is 194 Å². The van der Waals surface area contributed by atoms with Gasteiger partial charge in [0.05, 0.1) is 28.7 Å². The van der Waals surface area contributed by atoms with Crippen molar-refractivity contribution >= 4 is 55.8 Å². The molecule has 2 aromatic heterocycles. The number of rotatable bonds is 8. The highest BCUT2D eigenvalue weighted by Crippen LogP contribution is 2.36. The molecule has 170 valence electrons. The smallest absolute Gasteiger partial charge is 0.305 e. The predicted molar refractivity (Wildman–Crippen MR) is 128 cm³/mol. The number of aliphatic carboxylic acids is 1. The number of carboxylic acid groups (broad SMARTS) is 1. The Bertz CT molecular complexity index is 1200. The van der Waals surface area contributed by atoms with Crippen molar-refractivity contribution in [3.8, 4) is 10.4 Å². The monoisotopic (exact) mass is 495 g/mol. The molecule has 1 amide bonds. The highest BCUT2D eigenvalue weighted by Gasteiger charge is 2.20. The van der Waals surface area contributed by atoms with Crippen molar-refractivity contribution in [2.45, 2.75) is 24.3 Å². The van der Waals surface area contributed by atoms with Crippen LogP contribution in [0.3, 0.4) is 0 Å². The lowest BCUT2D eigenvalue weighted by atomic mass is 10.2. The molecular weight excluding hydrogens is 474 g/mol. The summed E-state index contributed by atoms with van der Waals surface area (Å²) in [5.74, 6) is -1.81. The third kappa shape index (κ3) is 5.68. The Morgan fingerprint density at radius 3 is 2.66 bits per heavy atom. The van der Waals surface area contributed by atoms with E-state index in [4.69, 9.17) is 22.4 Å². The molecule has 0 bridgehead atoms. The number of carbonyl (C=O) groups is 2. The second-order valence-electron chi connectivity index (χ2n) is 7.06. The van der Waals surface area contributed by atoms with E-state index in [0.29, 0.717) is 26.7 Å². The van der Waals surface area contributed by atoms with Crippen molar-refractivity contribution in [2.24, 2.45) is 5.73 Å². The van der Waals surface area contributed by atoms with Gasteiger partial charge in [0.15, 0.2) is 10.3 Å². The van der Waals surface area contributed by atoms with Crippen LogP contribution in [0, 0.1) is 6.92 Å². The van der Waals surface area contributed by atoms with Gasteiger partial charge in [-0.2, -0.15) is 0 Å². The molecule has 0 unspecified atom stereocenters. The molecule has 0 aliphatic rings. The van der Waals surface area contributed by atoms with Crippen LogP contribution in [0.1, 0.15) is 12.1 Å². The van der Waals surface area contributed by atoms with Gasteiger partial charge in [-0.15, -0.1) is 0 Å². The molecule has 9 nitrogen and oxygen atoms in total. The summed E-state index contributed by atoms with van der Waals surface area (Å²) in [5.41, 5.74) is 7.28. The molecule has 0 spiro atoms. The van der Waals surface area contributed by atoms with Crippen LogP contribution in [0.25, 0.3) is 10.4 Å². The number of carbonyl (C=O) groups excluding carboxylic acids is 1. The number of nitrogens with one attached hydrogen (secondary N) is 2. The maximum atomic E-state index is 13.2. The number of hydrogen-bond acceptors (Lipinski definition) is 7. The van der Waals surface area contributed by atoms with Gasteiger partial charge in [-0.3, -0.25) is 13.8 Å². The number of aryl methyl sites for hydroxylation is 1. The summed E-state index contributed by atoms with van der Waals surface area (Å²) in [6.45, 7) is 1.76. The average Bonchev–Trinajstić information content (AvgIpc) is 3.09. The number of carboxylic acids is 1. The van der Waals surface area contributed by atoms with Gasteiger partial charge in [-0.25, -0.2) is 9.97 Å². The van der Waals surface area contributed by atoms with Gasteiger partial charge in [0.2, 0.25) is 5.91 Å². The number of anilines is 2. The van der Waals surface area contributed by atoms with E-state index in [9.17, 15) is 13.8 Å². The Kier molecular flexibility index (Phi) is 7.24. The van der Waals surface area contributed by atoms with E-state index >= 15 is 0 Å². The Morgan fingerprint density at radius 1 is 1.31 bits per heavy atom. The number of nitrogens with two attached hydrogens (primary N) is 1. The number of thiazole rings is 1. The summed E-state index contributed by atoms with van der Waals surface area (Å²) in [6.07, 6.45) is 2.67. The van der Waals surface area contributed by atoms with E-state index in [0.717, 1.165) is 0 Å². The molecule has 0 aliphatic heterocycles. The molecule has 5 N–H and O–H groups in total. The quantitative estimate of drug-likeness (QED) is 0.238. The third-order valence-corrected chi connectivity index (χ3v) is 7.82. The number of thiol groups is 1. The first-order valence-corrected chi connectivity index (χ1v) is 12.7.